The minimum absolute atomic E-state index is 0.134. The molecule has 0 atom stereocenters. The van der Waals surface area contributed by atoms with Gasteiger partial charge in [-0.2, -0.15) is 0 Å². The fourth-order valence-electron chi connectivity index (χ4n) is 1.93. The van der Waals surface area contributed by atoms with Gasteiger partial charge in [0.2, 0.25) is 5.91 Å². The molecule has 0 fully saturated rings. The summed E-state index contributed by atoms with van der Waals surface area (Å²) in [5, 5.41) is 8.63. The lowest BCUT2D eigenvalue weighted by molar-refractivity contribution is -0.131. The maximum Gasteiger partial charge on any atom is 0.328 e. The van der Waals surface area contributed by atoms with Gasteiger partial charge in [0.1, 0.15) is 0 Å². The van der Waals surface area contributed by atoms with Crippen LogP contribution in [0.1, 0.15) is 37.8 Å². The van der Waals surface area contributed by atoms with Crippen molar-refractivity contribution < 1.29 is 14.7 Å². The first-order chi connectivity index (χ1) is 9.88. The Morgan fingerprint density at radius 3 is 2.67 bits per heavy atom. The summed E-state index contributed by atoms with van der Waals surface area (Å²) in [5.74, 6) is -0.316. The third kappa shape index (κ3) is 6.75. The van der Waals surface area contributed by atoms with Gasteiger partial charge in [-0.3, -0.25) is 4.79 Å². The highest BCUT2D eigenvalue weighted by Crippen LogP contribution is 2.11. The van der Waals surface area contributed by atoms with Gasteiger partial charge >= 0.3 is 5.97 Å². The fourth-order valence-corrected chi connectivity index (χ4v) is 1.93. The summed E-state index contributed by atoms with van der Waals surface area (Å²) in [6.45, 7) is 4.74. The Kier molecular flexibility index (Phi) is 6.66. The van der Waals surface area contributed by atoms with Crippen LogP contribution in [0.25, 0.3) is 6.08 Å². The van der Waals surface area contributed by atoms with Gasteiger partial charge in [0.15, 0.2) is 0 Å². The van der Waals surface area contributed by atoms with Gasteiger partial charge in [0.25, 0.3) is 0 Å². The average molecular weight is 289 g/mol. The molecular weight excluding hydrogens is 266 g/mol. The van der Waals surface area contributed by atoms with E-state index < -0.39 is 5.97 Å². The van der Waals surface area contributed by atoms with E-state index in [1.165, 1.54) is 0 Å². The second-order valence-corrected chi connectivity index (χ2v) is 5.60. The van der Waals surface area contributed by atoms with Crippen LogP contribution in [0.3, 0.4) is 0 Å². The van der Waals surface area contributed by atoms with E-state index in [4.69, 9.17) is 5.11 Å². The molecule has 0 aromatic heterocycles. The quantitative estimate of drug-likeness (QED) is 0.784. The molecule has 0 aliphatic heterocycles. The topological polar surface area (TPSA) is 57.6 Å². The van der Waals surface area contributed by atoms with Crippen LogP contribution in [0.4, 0.5) is 0 Å². The Hall–Kier alpha value is -2.10. The molecule has 1 rings (SSSR count). The Bertz CT molecular complexity index is 521. The molecule has 114 valence electrons. The Morgan fingerprint density at radius 2 is 2.05 bits per heavy atom. The van der Waals surface area contributed by atoms with Crippen LogP contribution in [0.15, 0.2) is 30.3 Å². The number of hydrogen-bond acceptors (Lipinski definition) is 2. The van der Waals surface area contributed by atoms with Crippen molar-refractivity contribution in [3.05, 3.63) is 41.5 Å². The van der Waals surface area contributed by atoms with Crippen LogP contribution in [-0.4, -0.2) is 28.9 Å². The number of amides is 1. The predicted molar refractivity (Wildman–Crippen MR) is 83.7 cm³/mol. The first-order valence-corrected chi connectivity index (χ1v) is 7.12. The number of nitrogens with zero attached hydrogens (tertiary/aromatic N) is 1. The van der Waals surface area contributed by atoms with Gasteiger partial charge in [-0.1, -0.05) is 32.0 Å². The average Bonchev–Trinajstić information content (AvgIpc) is 2.42. The highest BCUT2D eigenvalue weighted by Gasteiger charge is 2.10. The lowest BCUT2D eigenvalue weighted by atomic mass is 10.1. The zero-order valence-corrected chi connectivity index (χ0v) is 12.9. The van der Waals surface area contributed by atoms with Crippen molar-refractivity contribution in [3.8, 4) is 0 Å². The molecule has 0 saturated carbocycles. The number of hydrogen-bond donors (Lipinski definition) is 1. The molecule has 1 aromatic carbocycles. The van der Waals surface area contributed by atoms with Gasteiger partial charge in [0.05, 0.1) is 0 Å². The zero-order valence-electron chi connectivity index (χ0n) is 12.9. The summed E-state index contributed by atoms with van der Waals surface area (Å²) in [4.78, 5) is 24.2. The molecular formula is C17H23NO3. The van der Waals surface area contributed by atoms with Crippen molar-refractivity contribution in [3.63, 3.8) is 0 Å². The van der Waals surface area contributed by atoms with Crippen LogP contribution >= 0.6 is 0 Å². The third-order valence-electron chi connectivity index (χ3n) is 3.15. The van der Waals surface area contributed by atoms with Gasteiger partial charge in [-0.25, -0.2) is 4.79 Å². The molecule has 0 saturated heterocycles. The van der Waals surface area contributed by atoms with E-state index in [1.807, 2.05) is 24.3 Å². The molecule has 0 bridgehead atoms. The second kappa shape index (κ2) is 8.25. The number of benzene rings is 1. The normalized spacial score (nSPS) is 11.0. The summed E-state index contributed by atoms with van der Waals surface area (Å²) in [7, 11) is 1.79. The molecule has 1 aromatic rings. The number of carboxylic acid groups (broad SMARTS) is 1. The molecule has 0 radical (unpaired) electrons. The fraction of sp³-hybridized carbons (Fsp3) is 0.412. The molecule has 1 N–H and O–H groups in total. The van der Waals surface area contributed by atoms with Gasteiger partial charge in [-0.05, 0) is 35.6 Å². The molecule has 1 amide bonds. The smallest absolute Gasteiger partial charge is 0.328 e. The summed E-state index contributed by atoms with van der Waals surface area (Å²) < 4.78 is 0. The van der Waals surface area contributed by atoms with Crippen LogP contribution < -0.4 is 0 Å². The van der Waals surface area contributed by atoms with Gasteiger partial charge in [0, 0.05) is 26.1 Å². The van der Waals surface area contributed by atoms with Crippen LogP contribution in [0.2, 0.25) is 0 Å². The van der Waals surface area contributed by atoms with E-state index >= 15 is 0 Å². The first-order valence-electron chi connectivity index (χ1n) is 7.12. The third-order valence-corrected chi connectivity index (χ3v) is 3.15. The van der Waals surface area contributed by atoms with E-state index in [0.717, 1.165) is 23.6 Å². The second-order valence-electron chi connectivity index (χ2n) is 5.60. The van der Waals surface area contributed by atoms with E-state index in [1.54, 1.807) is 18.0 Å². The molecule has 0 aliphatic rings. The molecule has 4 heteroatoms. The first kappa shape index (κ1) is 17.0. The molecule has 21 heavy (non-hydrogen) atoms. The van der Waals surface area contributed by atoms with E-state index in [-0.39, 0.29) is 5.91 Å². The van der Waals surface area contributed by atoms with E-state index in [0.29, 0.717) is 18.9 Å². The van der Waals surface area contributed by atoms with Crippen molar-refractivity contribution in [2.24, 2.45) is 5.92 Å². The monoisotopic (exact) mass is 289 g/mol. The number of carbonyl (C=O) groups is 2. The highest BCUT2D eigenvalue weighted by atomic mass is 16.4. The molecule has 0 unspecified atom stereocenters. The number of carbonyl (C=O) groups excluding carboxylic acids is 1. The largest absolute Gasteiger partial charge is 0.478 e. The minimum Gasteiger partial charge on any atom is -0.478 e. The minimum atomic E-state index is -0.971. The standard InChI is InChI=1S/C17H23NO3/c1-13(2)7-9-16(19)18(3)12-15-6-4-5-14(11-15)8-10-17(20)21/h4-6,8,10-11,13H,7,9,12H2,1-3H3,(H,20,21). The number of rotatable bonds is 7. The Morgan fingerprint density at radius 1 is 1.33 bits per heavy atom. The molecule has 0 heterocycles. The van der Waals surface area contributed by atoms with Gasteiger partial charge < -0.3 is 10.0 Å². The molecule has 4 nitrogen and oxygen atoms in total. The van der Waals surface area contributed by atoms with Crippen molar-refractivity contribution in [2.45, 2.75) is 33.2 Å². The molecule has 0 spiro atoms. The maximum absolute atomic E-state index is 12.0. The van der Waals surface area contributed by atoms with E-state index in [9.17, 15) is 9.59 Å². The summed E-state index contributed by atoms with van der Waals surface area (Å²) in [6.07, 6.45) is 4.11. The summed E-state index contributed by atoms with van der Waals surface area (Å²) >= 11 is 0. The van der Waals surface area contributed by atoms with Crippen molar-refractivity contribution in [2.75, 3.05) is 7.05 Å². The number of aliphatic carboxylic acids is 1. The maximum atomic E-state index is 12.0. The SMILES string of the molecule is CC(C)CCC(=O)N(C)Cc1cccc(C=CC(=O)O)c1. The molecule has 0 aliphatic carbocycles. The van der Waals surface area contributed by atoms with Crippen molar-refractivity contribution in [1.29, 1.82) is 0 Å². The van der Waals surface area contributed by atoms with Crippen LogP contribution in [-0.2, 0) is 16.1 Å². The zero-order chi connectivity index (χ0) is 15.8. The van der Waals surface area contributed by atoms with Crippen molar-refractivity contribution >= 4 is 18.0 Å². The van der Waals surface area contributed by atoms with Crippen LogP contribution in [0, 0.1) is 5.92 Å². The van der Waals surface area contributed by atoms with E-state index in [2.05, 4.69) is 13.8 Å². The predicted octanol–water partition coefficient (Wildman–Crippen LogP) is 3.18. The summed E-state index contributed by atoms with van der Waals surface area (Å²) in [6, 6.07) is 7.53. The highest BCUT2D eigenvalue weighted by molar-refractivity contribution is 5.85. The van der Waals surface area contributed by atoms with Gasteiger partial charge in [-0.15, -0.1) is 0 Å². The lowest BCUT2D eigenvalue weighted by Crippen LogP contribution is -2.26. The Balaban J connectivity index is 2.63. The van der Waals surface area contributed by atoms with Crippen molar-refractivity contribution in [1.82, 2.24) is 4.90 Å². The number of carboxylic acids is 1. The lowest BCUT2D eigenvalue weighted by Gasteiger charge is -2.18. The van der Waals surface area contributed by atoms with Crippen LogP contribution in [0.5, 0.6) is 0 Å². The Labute approximate surface area is 126 Å². The summed E-state index contributed by atoms with van der Waals surface area (Å²) in [5.41, 5.74) is 1.81.